The molecule has 0 fully saturated rings. The van der Waals surface area contributed by atoms with Crippen LogP contribution in [0.1, 0.15) is 31.4 Å². The highest BCUT2D eigenvalue weighted by atomic mass is 35.5. The number of hydrogen-bond acceptors (Lipinski definition) is 3. The number of halogens is 1. The fraction of sp³-hybridized carbons (Fsp3) is 0.455. The highest BCUT2D eigenvalue weighted by Gasteiger charge is 2.15. The van der Waals surface area contributed by atoms with Crippen molar-refractivity contribution in [3.63, 3.8) is 0 Å². The standard InChI is InChI=1S/C11H17NO2.ClH/c1-2-3-10(14)11(12)8-4-6-9(13)7-5-8;/h4-7,10-11,13-14H,2-3,12H2,1H3;1H/t10-,11+;/m1./s1. The van der Waals surface area contributed by atoms with E-state index in [1.54, 1.807) is 24.3 Å². The Balaban J connectivity index is 0.00000196. The summed E-state index contributed by atoms with van der Waals surface area (Å²) < 4.78 is 0. The summed E-state index contributed by atoms with van der Waals surface area (Å²) in [6.07, 6.45) is 1.10. The van der Waals surface area contributed by atoms with E-state index < -0.39 is 6.10 Å². The minimum Gasteiger partial charge on any atom is -0.508 e. The third-order valence-electron chi connectivity index (χ3n) is 2.28. The molecule has 0 spiro atoms. The number of hydrogen-bond donors (Lipinski definition) is 3. The van der Waals surface area contributed by atoms with Crippen molar-refractivity contribution >= 4 is 12.4 Å². The predicted molar refractivity (Wildman–Crippen MR) is 63.2 cm³/mol. The molecule has 4 N–H and O–H groups in total. The van der Waals surface area contributed by atoms with Gasteiger partial charge >= 0.3 is 0 Å². The number of phenolic OH excluding ortho intramolecular Hbond substituents is 1. The highest BCUT2D eigenvalue weighted by molar-refractivity contribution is 5.85. The van der Waals surface area contributed by atoms with E-state index in [1.807, 2.05) is 6.92 Å². The first kappa shape index (κ1) is 14.2. The van der Waals surface area contributed by atoms with Crippen LogP contribution < -0.4 is 5.73 Å². The lowest BCUT2D eigenvalue weighted by Crippen LogP contribution is -2.25. The van der Waals surface area contributed by atoms with Gasteiger partial charge in [0.25, 0.3) is 0 Å². The lowest BCUT2D eigenvalue weighted by Gasteiger charge is -2.18. The summed E-state index contributed by atoms with van der Waals surface area (Å²) >= 11 is 0. The van der Waals surface area contributed by atoms with Gasteiger partial charge in [0.15, 0.2) is 0 Å². The molecule has 0 amide bonds. The monoisotopic (exact) mass is 231 g/mol. The van der Waals surface area contributed by atoms with E-state index in [0.717, 1.165) is 12.0 Å². The van der Waals surface area contributed by atoms with Crippen molar-refractivity contribution in [2.75, 3.05) is 0 Å². The number of aliphatic hydroxyl groups excluding tert-OH is 1. The minimum atomic E-state index is -0.510. The molecular weight excluding hydrogens is 214 g/mol. The number of aliphatic hydroxyl groups is 1. The van der Waals surface area contributed by atoms with Gasteiger partial charge in [0, 0.05) is 0 Å². The maximum atomic E-state index is 9.65. The van der Waals surface area contributed by atoms with Gasteiger partial charge in [-0.25, -0.2) is 0 Å². The Morgan fingerprint density at radius 3 is 2.27 bits per heavy atom. The molecule has 0 aliphatic rings. The van der Waals surface area contributed by atoms with Crippen molar-refractivity contribution < 1.29 is 10.2 Å². The highest BCUT2D eigenvalue weighted by Crippen LogP contribution is 2.19. The molecule has 0 aliphatic carbocycles. The number of benzene rings is 1. The minimum absolute atomic E-state index is 0. The Labute approximate surface area is 96.3 Å². The zero-order valence-corrected chi connectivity index (χ0v) is 9.57. The second-order valence-corrected chi connectivity index (χ2v) is 3.47. The van der Waals surface area contributed by atoms with Gasteiger partial charge in [-0.2, -0.15) is 0 Å². The van der Waals surface area contributed by atoms with Crippen LogP contribution in [0, 0.1) is 0 Å². The maximum Gasteiger partial charge on any atom is 0.115 e. The average Bonchev–Trinajstić information content (AvgIpc) is 2.18. The van der Waals surface area contributed by atoms with Gasteiger partial charge in [-0.1, -0.05) is 25.5 Å². The molecule has 2 atom stereocenters. The first-order valence-electron chi connectivity index (χ1n) is 4.87. The zero-order valence-electron chi connectivity index (χ0n) is 8.76. The molecule has 4 heteroatoms. The van der Waals surface area contributed by atoms with Gasteiger partial charge in [0.05, 0.1) is 12.1 Å². The molecule has 0 heterocycles. The summed E-state index contributed by atoms with van der Waals surface area (Å²) in [5.41, 5.74) is 6.69. The number of rotatable bonds is 4. The van der Waals surface area contributed by atoms with Gasteiger partial charge in [0.1, 0.15) is 5.75 Å². The summed E-state index contributed by atoms with van der Waals surface area (Å²) in [4.78, 5) is 0. The smallest absolute Gasteiger partial charge is 0.115 e. The Kier molecular flexibility index (Phi) is 6.32. The van der Waals surface area contributed by atoms with Crippen LogP contribution in [0.3, 0.4) is 0 Å². The summed E-state index contributed by atoms with van der Waals surface area (Å²) in [6, 6.07) is 6.26. The first-order valence-corrected chi connectivity index (χ1v) is 4.87. The molecule has 1 aromatic carbocycles. The number of nitrogens with two attached hydrogens (primary N) is 1. The number of phenols is 1. The van der Waals surface area contributed by atoms with Crippen molar-refractivity contribution in [3.05, 3.63) is 29.8 Å². The first-order chi connectivity index (χ1) is 6.65. The van der Waals surface area contributed by atoms with Crippen LogP contribution in [0.2, 0.25) is 0 Å². The Hall–Kier alpha value is -0.770. The fourth-order valence-corrected chi connectivity index (χ4v) is 1.39. The molecule has 0 bridgehead atoms. The van der Waals surface area contributed by atoms with Gasteiger partial charge in [-0.15, -0.1) is 12.4 Å². The van der Waals surface area contributed by atoms with E-state index in [0.29, 0.717) is 6.42 Å². The zero-order chi connectivity index (χ0) is 10.6. The lowest BCUT2D eigenvalue weighted by atomic mass is 9.99. The van der Waals surface area contributed by atoms with Crippen LogP contribution in [0.5, 0.6) is 5.75 Å². The molecule has 1 rings (SSSR count). The van der Waals surface area contributed by atoms with E-state index in [9.17, 15) is 5.11 Å². The van der Waals surface area contributed by atoms with Crippen LogP contribution in [0.25, 0.3) is 0 Å². The van der Waals surface area contributed by atoms with E-state index in [2.05, 4.69) is 0 Å². The van der Waals surface area contributed by atoms with Gasteiger partial charge in [0.2, 0.25) is 0 Å². The Morgan fingerprint density at radius 2 is 1.80 bits per heavy atom. The molecule has 3 nitrogen and oxygen atoms in total. The predicted octanol–water partition coefficient (Wildman–Crippen LogP) is 1.97. The lowest BCUT2D eigenvalue weighted by molar-refractivity contribution is 0.134. The van der Waals surface area contributed by atoms with E-state index in [1.165, 1.54) is 0 Å². The summed E-state index contributed by atoms with van der Waals surface area (Å²) in [5.74, 6) is 0.214. The van der Waals surface area contributed by atoms with E-state index in [-0.39, 0.29) is 24.2 Å². The number of aromatic hydroxyl groups is 1. The van der Waals surface area contributed by atoms with Crippen LogP contribution >= 0.6 is 12.4 Å². The van der Waals surface area contributed by atoms with Crippen LogP contribution in [0.4, 0.5) is 0 Å². The fourth-order valence-electron chi connectivity index (χ4n) is 1.39. The van der Waals surface area contributed by atoms with Crippen molar-refractivity contribution in [3.8, 4) is 5.75 Å². The molecular formula is C11H18ClNO2. The molecule has 0 saturated carbocycles. The molecule has 0 aromatic heterocycles. The quantitative estimate of drug-likeness (QED) is 0.742. The molecule has 1 aromatic rings. The Morgan fingerprint density at radius 1 is 1.27 bits per heavy atom. The molecule has 86 valence electrons. The second-order valence-electron chi connectivity index (χ2n) is 3.47. The van der Waals surface area contributed by atoms with Gasteiger partial charge in [-0.05, 0) is 24.1 Å². The molecule has 0 aliphatic heterocycles. The topological polar surface area (TPSA) is 66.5 Å². The van der Waals surface area contributed by atoms with Crippen LogP contribution in [-0.4, -0.2) is 16.3 Å². The Bertz CT molecular complexity index is 276. The normalized spacial score (nSPS) is 14.1. The largest absolute Gasteiger partial charge is 0.508 e. The van der Waals surface area contributed by atoms with Crippen molar-refractivity contribution in [2.24, 2.45) is 5.73 Å². The van der Waals surface area contributed by atoms with E-state index in [4.69, 9.17) is 10.8 Å². The van der Waals surface area contributed by atoms with Crippen molar-refractivity contribution in [1.29, 1.82) is 0 Å². The molecule has 0 radical (unpaired) electrons. The maximum absolute atomic E-state index is 9.65. The summed E-state index contributed by atoms with van der Waals surface area (Å²) in [5, 5.41) is 18.7. The van der Waals surface area contributed by atoms with Gasteiger partial charge in [-0.3, -0.25) is 0 Å². The molecule has 15 heavy (non-hydrogen) atoms. The van der Waals surface area contributed by atoms with Crippen molar-refractivity contribution in [1.82, 2.24) is 0 Å². The second kappa shape index (κ2) is 6.67. The SMILES string of the molecule is CCC[C@@H](O)[C@@H](N)c1ccc(O)cc1.Cl. The molecule has 0 unspecified atom stereocenters. The summed E-state index contributed by atoms with van der Waals surface area (Å²) in [6.45, 7) is 2.01. The van der Waals surface area contributed by atoms with Crippen LogP contribution in [-0.2, 0) is 0 Å². The van der Waals surface area contributed by atoms with E-state index >= 15 is 0 Å². The van der Waals surface area contributed by atoms with Gasteiger partial charge < -0.3 is 15.9 Å². The average molecular weight is 232 g/mol. The van der Waals surface area contributed by atoms with Crippen molar-refractivity contribution in [2.45, 2.75) is 31.9 Å². The molecule has 0 saturated heterocycles. The third-order valence-corrected chi connectivity index (χ3v) is 2.28. The van der Waals surface area contributed by atoms with Crippen LogP contribution in [0.15, 0.2) is 24.3 Å². The summed E-state index contributed by atoms with van der Waals surface area (Å²) in [7, 11) is 0. The third kappa shape index (κ3) is 4.08.